The Morgan fingerprint density at radius 1 is 1.54 bits per heavy atom. The lowest BCUT2D eigenvalue weighted by atomic mass is 10.2. The van der Waals surface area contributed by atoms with Gasteiger partial charge in [-0.2, -0.15) is 12.6 Å². The van der Waals surface area contributed by atoms with Crippen LogP contribution in [0.5, 0.6) is 0 Å². The largest absolute Gasteiger partial charge is 0.342 e. The van der Waals surface area contributed by atoms with E-state index in [0.717, 1.165) is 22.4 Å². The zero-order valence-electron chi connectivity index (χ0n) is 7.28. The van der Waals surface area contributed by atoms with Crippen LogP contribution < -0.4 is 5.73 Å². The lowest BCUT2D eigenvalue weighted by Crippen LogP contribution is -2.01. The third-order valence-corrected chi connectivity index (χ3v) is 2.26. The van der Waals surface area contributed by atoms with Crippen molar-refractivity contribution in [3.63, 3.8) is 0 Å². The number of H-pyrrole nitrogens is 1. The summed E-state index contributed by atoms with van der Waals surface area (Å²) >= 11 is 4.16. The minimum atomic E-state index is -0.229. The molecule has 0 bridgehead atoms. The van der Waals surface area contributed by atoms with E-state index < -0.39 is 0 Å². The fraction of sp³-hybridized carbons (Fsp3) is 0.222. The van der Waals surface area contributed by atoms with Crippen molar-refractivity contribution in [2.75, 3.05) is 0 Å². The maximum absolute atomic E-state index is 5.64. The molecule has 0 spiro atoms. The van der Waals surface area contributed by atoms with Gasteiger partial charge in [0.05, 0.1) is 16.4 Å². The van der Waals surface area contributed by atoms with E-state index in [1.165, 1.54) is 0 Å². The van der Waals surface area contributed by atoms with Gasteiger partial charge in [0, 0.05) is 0 Å². The fourth-order valence-corrected chi connectivity index (χ4v) is 1.50. The fourth-order valence-electron chi connectivity index (χ4n) is 1.34. The Bertz CT molecular complexity index is 433. The first-order valence-electron chi connectivity index (χ1n) is 4.07. The molecule has 0 saturated carbocycles. The lowest BCUT2D eigenvalue weighted by Gasteiger charge is -2.02. The van der Waals surface area contributed by atoms with Gasteiger partial charge in [-0.15, -0.1) is 0 Å². The number of rotatable bonds is 1. The van der Waals surface area contributed by atoms with Crippen LogP contribution in [0.15, 0.2) is 18.2 Å². The second-order valence-electron chi connectivity index (χ2n) is 3.04. The van der Waals surface area contributed by atoms with E-state index in [1.807, 2.05) is 25.1 Å². The van der Waals surface area contributed by atoms with Gasteiger partial charge in [-0.1, -0.05) is 6.07 Å². The molecule has 2 aromatic rings. The molecule has 2 rings (SSSR count). The second kappa shape index (κ2) is 3.05. The van der Waals surface area contributed by atoms with Crippen LogP contribution in [0, 0.1) is 6.92 Å². The smallest absolute Gasteiger partial charge is 0.104 e. The summed E-state index contributed by atoms with van der Waals surface area (Å²) in [5.41, 5.74) is 8.62. The lowest BCUT2D eigenvalue weighted by molar-refractivity contribution is 1.05. The Labute approximate surface area is 81.8 Å². The van der Waals surface area contributed by atoms with Crippen molar-refractivity contribution in [3.8, 4) is 0 Å². The number of nitrogens with zero attached hydrogens (tertiary/aromatic N) is 1. The first-order valence-corrected chi connectivity index (χ1v) is 4.58. The summed E-state index contributed by atoms with van der Waals surface area (Å²) in [6, 6.07) is 5.87. The first-order chi connectivity index (χ1) is 6.16. The van der Waals surface area contributed by atoms with Crippen molar-refractivity contribution in [2.45, 2.75) is 12.3 Å². The molecule has 3 nitrogen and oxygen atoms in total. The molecule has 0 aliphatic carbocycles. The molecule has 68 valence electrons. The molecule has 0 fully saturated rings. The van der Waals surface area contributed by atoms with E-state index in [1.54, 1.807) is 0 Å². The van der Waals surface area contributed by atoms with Gasteiger partial charge in [0.25, 0.3) is 0 Å². The molecule has 0 aliphatic heterocycles. The Morgan fingerprint density at radius 3 is 3.00 bits per heavy atom. The van der Waals surface area contributed by atoms with Gasteiger partial charge < -0.3 is 10.7 Å². The molecule has 1 unspecified atom stereocenters. The highest BCUT2D eigenvalue weighted by Crippen LogP contribution is 2.19. The zero-order chi connectivity index (χ0) is 9.42. The van der Waals surface area contributed by atoms with Crippen molar-refractivity contribution in [1.82, 2.24) is 9.97 Å². The van der Waals surface area contributed by atoms with Gasteiger partial charge in [-0.25, -0.2) is 4.98 Å². The summed E-state index contributed by atoms with van der Waals surface area (Å²) in [6.45, 7) is 1.93. The molecule has 0 radical (unpaired) electrons. The summed E-state index contributed by atoms with van der Waals surface area (Å²) in [4.78, 5) is 7.45. The van der Waals surface area contributed by atoms with Gasteiger partial charge in [-0.05, 0) is 24.6 Å². The standard InChI is InChI=1S/C9H11N3S/c1-5-11-7-3-2-6(9(10)13)4-8(7)12-5/h2-4,9,13H,10H2,1H3,(H,11,12). The van der Waals surface area contributed by atoms with Crippen molar-refractivity contribution >= 4 is 23.7 Å². The van der Waals surface area contributed by atoms with Crippen LogP contribution in [-0.2, 0) is 0 Å². The molecule has 1 atom stereocenters. The number of nitrogens with two attached hydrogens (primary N) is 1. The Morgan fingerprint density at radius 2 is 2.31 bits per heavy atom. The van der Waals surface area contributed by atoms with Crippen LogP contribution >= 0.6 is 12.6 Å². The minimum Gasteiger partial charge on any atom is -0.342 e. The number of hydrogen-bond acceptors (Lipinski definition) is 3. The number of thiol groups is 1. The molecule has 3 N–H and O–H groups in total. The number of hydrogen-bond donors (Lipinski definition) is 3. The van der Waals surface area contributed by atoms with E-state index in [2.05, 4.69) is 22.6 Å². The second-order valence-corrected chi connectivity index (χ2v) is 3.60. The van der Waals surface area contributed by atoms with Crippen LogP contribution in [0.2, 0.25) is 0 Å². The molecule has 0 amide bonds. The molecule has 13 heavy (non-hydrogen) atoms. The summed E-state index contributed by atoms with van der Waals surface area (Å²) in [6.07, 6.45) is 0. The van der Waals surface area contributed by atoms with E-state index in [4.69, 9.17) is 5.73 Å². The Kier molecular flexibility index (Phi) is 2.01. The van der Waals surface area contributed by atoms with Crippen LogP contribution in [0.4, 0.5) is 0 Å². The molecule has 1 aromatic carbocycles. The third kappa shape index (κ3) is 1.55. The molecular weight excluding hydrogens is 182 g/mol. The van der Waals surface area contributed by atoms with Crippen LogP contribution in [0.1, 0.15) is 16.8 Å². The molecule has 1 aromatic heterocycles. The zero-order valence-corrected chi connectivity index (χ0v) is 8.18. The van der Waals surface area contributed by atoms with E-state index in [-0.39, 0.29) is 5.37 Å². The number of nitrogens with one attached hydrogen (secondary N) is 1. The number of aromatic amines is 1. The number of aryl methyl sites for hydroxylation is 1. The molecule has 1 heterocycles. The highest BCUT2D eigenvalue weighted by Gasteiger charge is 2.03. The third-order valence-electron chi connectivity index (χ3n) is 1.97. The normalized spacial score (nSPS) is 13.5. The molecular formula is C9H11N3S. The average Bonchev–Trinajstić information content (AvgIpc) is 2.42. The maximum Gasteiger partial charge on any atom is 0.104 e. The van der Waals surface area contributed by atoms with Gasteiger partial charge in [0.15, 0.2) is 0 Å². The van der Waals surface area contributed by atoms with Crippen LogP contribution in [-0.4, -0.2) is 9.97 Å². The first kappa shape index (κ1) is 8.59. The highest BCUT2D eigenvalue weighted by molar-refractivity contribution is 7.80. The number of benzene rings is 1. The van der Waals surface area contributed by atoms with Gasteiger partial charge in [0.2, 0.25) is 0 Å². The maximum atomic E-state index is 5.64. The van der Waals surface area contributed by atoms with Crippen molar-refractivity contribution in [3.05, 3.63) is 29.6 Å². The van der Waals surface area contributed by atoms with E-state index >= 15 is 0 Å². The average molecular weight is 193 g/mol. The predicted octanol–water partition coefficient (Wildman–Crippen LogP) is 1.76. The predicted molar refractivity (Wildman–Crippen MR) is 56.7 cm³/mol. The van der Waals surface area contributed by atoms with Crippen molar-refractivity contribution in [2.24, 2.45) is 5.73 Å². The summed E-state index contributed by atoms with van der Waals surface area (Å²) < 4.78 is 0. The monoisotopic (exact) mass is 193 g/mol. The summed E-state index contributed by atoms with van der Waals surface area (Å²) in [7, 11) is 0. The molecule has 0 aliphatic rings. The van der Waals surface area contributed by atoms with Crippen LogP contribution in [0.25, 0.3) is 11.0 Å². The number of imidazole rings is 1. The van der Waals surface area contributed by atoms with E-state index in [9.17, 15) is 0 Å². The Hall–Kier alpha value is -1.00. The molecule has 4 heteroatoms. The summed E-state index contributed by atoms with van der Waals surface area (Å²) in [5.74, 6) is 0.917. The SMILES string of the molecule is Cc1nc2ccc(C(N)S)cc2[nH]1. The van der Waals surface area contributed by atoms with Crippen molar-refractivity contribution in [1.29, 1.82) is 0 Å². The van der Waals surface area contributed by atoms with Gasteiger partial charge >= 0.3 is 0 Å². The number of fused-ring (bicyclic) bond motifs is 1. The topological polar surface area (TPSA) is 54.7 Å². The van der Waals surface area contributed by atoms with Gasteiger partial charge in [-0.3, -0.25) is 0 Å². The van der Waals surface area contributed by atoms with Crippen LogP contribution in [0.3, 0.4) is 0 Å². The Balaban J connectivity index is 2.61. The summed E-state index contributed by atoms with van der Waals surface area (Å²) in [5, 5.41) is -0.229. The van der Waals surface area contributed by atoms with Crippen molar-refractivity contribution < 1.29 is 0 Å². The van der Waals surface area contributed by atoms with E-state index in [0.29, 0.717) is 0 Å². The van der Waals surface area contributed by atoms with Gasteiger partial charge in [0.1, 0.15) is 5.82 Å². The molecule has 0 saturated heterocycles. The quantitative estimate of drug-likeness (QED) is 0.477. The highest BCUT2D eigenvalue weighted by atomic mass is 32.1. The number of aromatic nitrogens is 2. The minimum absolute atomic E-state index is 0.229.